The third-order valence-corrected chi connectivity index (χ3v) is 2.18. The molecule has 0 aliphatic carbocycles. The van der Waals surface area contributed by atoms with E-state index in [1.54, 1.807) is 0 Å². The van der Waals surface area contributed by atoms with Crippen LogP contribution in [0, 0.1) is 0 Å². The summed E-state index contributed by atoms with van der Waals surface area (Å²) >= 11 is 0. The maximum absolute atomic E-state index is 5.55. The molecular formula is C12H20N2O. The quantitative estimate of drug-likeness (QED) is 0.666. The van der Waals surface area contributed by atoms with E-state index in [1.807, 2.05) is 30.3 Å². The summed E-state index contributed by atoms with van der Waals surface area (Å²) in [5.41, 5.74) is 5.48. The van der Waals surface area contributed by atoms with E-state index in [0.29, 0.717) is 12.6 Å². The number of ether oxygens (including phenoxy) is 1. The maximum atomic E-state index is 5.55. The van der Waals surface area contributed by atoms with Gasteiger partial charge >= 0.3 is 0 Å². The third kappa shape index (κ3) is 5.40. The van der Waals surface area contributed by atoms with E-state index in [1.165, 1.54) is 0 Å². The highest BCUT2D eigenvalue weighted by Crippen LogP contribution is 2.07. The average molecular weight is 208 g/mol. The van der Waals surface area contributed by atoms with Crippen LogP contribution in [0.5, 0.6) is 5.75 Å². The molecule has 1 unspecified atom stereocenters. The Labute approximate surface area is 91.6 Å². The Hall–Kier alpha value is -1.06. The van der Waals surface area contributed by atoms with E-state index in [4.69, 9.17) is 10.5 Å². The van der Waals surface area contributed by atoms with E-state index in [2.05, 4.69) is 12.2 Å². The van der Waals surface area contributed by atoms with Gasteiger partial charge < -0.3 is 15.8 Å². The third-order valence-electron chi connectivity index (χ3n) is 2.18. The number of hydrogen-bond donors (Lipinski definition) is 2. The molecule has 0 fully saturated rings. The highest BCUT2D eigenvalue weighted by atomic mass is 16.5. The Balaban J connectivity index is 2.03. The molecule has 0 spiro atoms. The number of nitrogens with one attached hydrogen (secondary N) is 1. The summed E-state index contributed by atoms with van der Waals surface area (Å²) in [5.74, 6) is 0.935. The number of benzene rings is 1. The van der Waals surface area contributed by atoms with Gasteiger partial charge in [-0.05, 0) is 32.0 Å². The minimum atomic E-state index is 0.390. The molecule has 3 heteroatoms. The molecule has 0 aliphatic rings. The molecule has 1 aromatic carbocycles. The Morgan fingerprint density at radius 3 is 2.73 bits per heavy atom. The molecular weight excluding hydrogens is 188 g/mol. The van der Waals surface area contributed by atoms with E-state index in [0.717, 1.165) is 25.3 Å². The molecule has 3 nitrogen and oxygen atoms in total. The topological polar surface area (TPSA) is 47.3 Å². The molecule has 84 valence electrons. The van der Waals surface area contributed by atoms with Gasteiger partial charge in [-0.3, -0.25) is 0 Å². The summed E-state index contributed by atoms with van der Waals surface area (Å²) in [4.78, 5) is 0. The lowest BCUT2D eigenvalue weighted by Gasteiger charge is -2.11. The Kier molecular flexibility index (Phi) is 5.81. The van der Waals surface area contributed by atoms with Crippen molar-refractivity contribution in [2.75, 3.05) is 19.7 Å². The van der Waals surface area contributed by atoms with Crippen molar-refractivity contribution in [3.63, 3.8) is 0 Å². The van der Waals surface area contributed by atoms with Crippen molar-refractivity contribution in [3.05, 3.63) is 30.3 Å². The molecule has 1 aromatic rings. The first-order chi connectivity index (χ1) is 7.33. The second-order valence-corrected chi connectivity index (χ2v) is 3.61. The van der Waals surface area contributed by atoms with Crippen LogP contribution in [0.1, 0.15) is 13.3 Å². The lowest BCUT2D eigenvalue weighted by Crippen LogP contribution is -2.34. The Bertz CT molecular complexity index is 251. The van der Waals surface area contributed by atoms with E-state index < -0.39 is 0 Å². The van der Waals surface area contributed by atoms with Crippen LogP contribution >= 0.6 is 0 Å². The molecule has 0 bridgehead atoms. The first-order valence-corrected chi connectivity index (χ1v) is 5.44. The summed E-state index contributed by atoms with van der Waals surface area (Å²) in [5, 5.41) is 3.31. The maximum Gasteiger partial charge on any atom is 0.119 e. The average Bonchev–Trinajstić information content (AvgIpc) is 2.29. The van der Waals surface area contributed by atoms with Crippen molar-refractivity contribution in [3.8, 4) is 5.75 Å². The molecule has 0 aliphatic heterocycles. The molecule has 0 heterocycles. The molecule has 0 aromatic heterocycles. The van der Waals surface area contributed by atoms with Crippen molar-refractivity contribution in [1.29, 1.82) is 0 Å². The molecule has 1 rings (SSSR count). The Morgan fingerprint density at radius 1 is 1.33 bits per heavy atom. The first kappa shape index (κ1) is 12.0. The van der Waals surface area contributed by atoms with Gasteiger partial charge in [0.05, 0.1) is 6.61 Å². The second kappa shape index (κ2) is 7.26. The lowest BCUT2D eigenvalue weighted by atomic mass is 10.3. The van der Waals surface area contributed by atoms with Gasteiger partial charge in [0.1, 0.15) is 5.75 Å². The van der Waals surface area contributed by atoms with Crippen molar-refractivity contribution in [2.24, 2.45) is 5.73 Å². The van der Waals surface area contributed by atoms with Gasteiger partial charge in [0.2, 0.25) is 0 Å². The van der Waals surface area contributed by atoms with Crippen molar-refractivity contribution in [1.82, 2.24) is 5.32 Å². The van der Waals surface area contributed by atoms with Crippen LogP contribution in [0.2, 0.25) is 0 Å². The largest absolute Gasteiger partial charge is 0.494 e. The van der Waals surface area contributed by atoms with Crippen LogP contribution < -0.4 is 15.8 Å². The van der Waals surface area contributed by atoms with Crippen LogP contribution in [0.3, 0.4) is 0 Å². The fraction of sp³-hybridized carbons (Fsp3) is 0.500. The summed E-state index contributed by atoms with van der Waals surface area (Å²) in [6.07, 6.45) is 0.999. The predicted molar refractivity (Wildman–Crippen MR) is 63.1 cm³/mol. The molecule has 0 saturated carbocycles. The summed E-state index contributed by atoms with van der Waals surface area (Å²) < 4.78 is 5.55. The minimum Gasteiger partial charge on any atom is -0.494 e. The van der Waals surface area contributed by atoms with Crippen LogP contribution in [-0.2, 0) is 0 Å². The fourth-order valence-electron chi connectivity index (χ4n) is 1.21. The Morgan fingerprint density at radius 2 is 2.07 bits per heavy atom. The zero-order valence-corrected chi connectivity index (χ0v) is 9.28. The van der Waals surface area contributed by atoms with Gasteiger partial charge in [-0.2, -0.15) is 0 Å². The smallest absolute Gasteiger partial charge is 0.119 e. The summed E-state index contributed by atoms with van der Waals surface area (Å²) in [7, 11) is 0. The van der Waals surface area contributed by atoms with E-state index >= 15 is 0 Å². The monoisotopic (exact) mass is 208 g/mol. The lowest BCUT2D eigenvalue weighted by molar-refractivity contribution is 0.305. The number of nitrogens with two attached hydrogens (primary N) is 1. The standard InChI is InChI=1S/C12H20N2O/c1-11(10-13)14-8-5-9-15-12-6-3-2-4-7-12/h2-4,6-7,11,14H,5,8-10,13H2,1H3. The molecule has 0 amide bonds. The van der Waals surface area contributed by atoms with Gasteiger partial charge in [0, 0.05) is 12.6 Å². The highest BCUT2D eigenvalue weighted by Gasteiger charge is 1.96. The molecule has 0 saturated heterocycles. The van der Waals surface area contributed by atoms with Gasteiger partial charge in [-0.1, -0.05) is 18.2 Å². The number of para-hydroxylation sites is 1. The summed E-state index contributed by atoms with van der Waals surface area (Å²) in [6, 6.07) is 10.3. The van der Waals surface area contributed by atoms with E-state index in [9.17, 15) is 0 Å². The van der Waals surface area contributed by atoms with Gasteiger partial charge in [-0.25, -0.2) is 0 Å². The van der Waals surface area contributed by atoms with Crippen LogP contribution in [-0.4, -0.2) is 25.7 Å². The first-order valence-electron chi connectivity index (χ1n) is 5.44. The molecule has 15 heavy (non-hydrogen) atoms. The van der Waals surface area contributed by atoms with Gasteiger partial charge in [-0.15, -0.1) is 0 Å². The zero-order chi connectivity index (χ0) is 10.9. The van der Waals surface area contributed by atoms with Crippen molar-refractivity contribution >= 4 is 0 Å². The SMILES string of the molecule is CC(CN)NCCCOc1ccccc1. The second-order valence-electron chi connectivity index (χ2n) is 3.61. The predicted octanol–water partition coefficient (Wildman–Crippen LogP) is 1.39. The number of rotatable bonds is 7. The molecule has 1 atom stereocenters. The molecule has 0 radical (unpaired) electrons. The summed E-state index contributed by atoms with van der Waals surface area (Å²) in [6.45, 7) is 4.46. The zero-order valence-electron chi connectivity index (χ0n) is 9.28. The number of hydrogen-bond acceptors (Lipinski definition) is 3. The molecule has 3 N–H and O–H groups in total. The normalized spacial score (nSPS) is 12.4. The van der Waals surface area contributed by atoms with Crippen LogP contribution in [0.25, 0.3) is 0 Å². The minimum absolute atomic E-state index is 0.390. The van der Waals surface area contributed by atoms with Gasteiger partial charge in [0.25, 0.3) is 0 Å². The fourth-order valence-corrected chi connectivity index (χ4v) is 1.21. The van der Waals surface area contributed by atoms with Crippen molar-refractivity contribution in [2.45, 2.75) is 19.4 Å². The van der Waals surface area contributed by atoms with Gasteiger partial charge in [0.15, 0.2) is 0 Å². The van der Waals surface area contributed by atoms with Crippen molar-refractivity contribution < 1.29 is 4.74 Å². The van der Waals surface area contributed by atoms with Crippen LogP contribution in [0.4, 0.5) is 0 Å². The van der Waals surface area contributed by atoms with Crippen LogP contribution in [0.15, 0.2) is 30.3 Å². The highest BCUT2D eigenvalue weighted by molar-refractivity contribution is 5.20. The van der Waals surface area contributed by atoms with E-state index in [-0.39, 0.29) is 0 Å².